The Morgan fingerprint density at radius 1 is 1.22 bits per heavy atom. The van der Waals surface area contributed by atoms with Crippen LogP contribution in [0.1, 0.15) is 6.92 Å². The van der Waals surface area contributed by atoms with E-state index in [1.165, 1.54) is 0 Å². The normalized spacial score (nSPS) is 13.1. The summed E-state index contributed by atoms with van der Waals surface area (Å²) in [5.41, 5.74) is 5.46. The molecule has 0 aliphatic rings. The molecule has 7 heteroatoms. The lowest BCUT2D eigenvalue weighted by molar-refractivity contribution is 0.137. The second kappa shape index (κ2) is 6.58. The summed E-state index contributed by atoms with van der Waals surface area (Å²) in [5, 5.41) is 0. The van der Waals surface area contributed by atoms with Crippen LogP contribution in [0.25, 0.3) is 0 Å². The molecule has 2 N–H and O–H groups in total. The topological polar surface area (TPSA) is 87.8 Å². The summed E-state index contributed by atoms with van der Waals surface area (Å²) >= 11 is 0. The summed E-state index contributed by atoms with van der Waals surface area (Å²) in [6.45, 7) is 2.28. The molecular formula is C11H17NO5S. The SMILES string of the molecule is CCOc1ccccc1OCC(N)OS(C)(=O)=O. The summed E-state index contributed by atoms with van der Waals surface area (Å²) in [6, 6.07) is 7.05. The molecule has 0 saturated carbocycles. The molecule has 0 radical (unpaired) electrons. The van der Waals surface area contributed by atoms with Crippen molar-refractivity contribution in [3.8, 4) is 11.5 Å². The van der Waals surface area contributed by atoms with E-state index in [1.807, 2.05) is 13.0 Å². The van der Waals surface area contributed by atoms with Crippen molar-refractivity contribution in [1.29, 1.82) is 0 Å². The maximum absolute atomic E-state index is 10.8. The zero-order valence-electron chi connectivity index (χ0n) is 10.3. The molecule has 0 saturated heterocycles. The van der Waals surface area contributed by atoms with E-state index in [2.05, 4.69) is 4.18 Å². The molecule has 0 fully saturated rings. The van der Waals surface area contributed by atoms with Crippen molar-refractivity contribution >= 4 is 10.1 Å². The molecule has 6 nitrogen and oxygen atoms in total. The van der Waals surface area contributed by atoms with E-state index in [1.54, 1.807) is 18.2 Å². The molecule has 0 amide bonds. The third kappa shape index (κ3) is 5.35. The standard InChI is InChI=1S/C11H17NO5S/c1-3-15-9-6-4-5-7-10(9)16-8-11(12)17-18(2,13)14/h4-7,11H,3,8,12H2,1-2H3. The minimum atomic E-state index is -3.58. The highest BCUT2D eigenvalue weighted by molar-refractivity contribution is 7.86. The molecule has 1 atom stereocenters. The monoisotopic (exact) mass is 275 g/mol. The molecule has 0 heterocycles. The molecular weight excluding hydrogens is 258 g/mol. The second-order valence-electron chi connectivity index (χ2n) is 3.53. The fourth-order valence-electron chi connectivity index (χ4n) is 1.27. The van der Waals surface area contributed by atoms with Crippen molar-refractivity contribution in [1.82, 2.24) is 0 Å². The molecule has 0 spiro atoms. The maximum Gasteiger partial charge on any atom is 0.266 e. The Morgan fingerprint density at radius 2 is 1.78 bits per heavy atom. The number of para-hydroxylation sites is 2. The predicted molar refractivity (Wildman–Crippen MR) is 67.0 cm³/mol. The zero-order valence-corrected chi connectivity index (χ0v) is 11.1. The maximum atomic E-state index is 10.8. The molecule has 0 bridgehead atoms. The van der Waals surface area contributed by atoms with Gasteiger partial charge in [0.15, 0.2) is 17.7 Å². The molecule has 0 aliphatic heterocycles. The van der Waals surface area contributed by atoms with Gasteiger partial charge in [0, 0.05) is 0 Å². The van der Waals surface area contributed by atoms with Crippen molar-refractivity contribution in [3.63, 3.8) is 0 Å². The number of ether oxygens (including phenoxy) is 2. The van der Waals surface area contributed by atoms with E-state index in [0.717, 1.165) is 6.26 Å². The Kier molecular flexibility index (Phi) is 5.39. The lowest BCUT2D eigenvalue weighted by Gasteiger charge is -2.14. The summed E-state index contributed by atoms with van der Waals surface area (Å²) in [4.78, 5) is 0. The fourth-order valence-corrected chi connectivity index (χ4v) is 1.77. The highest BCUT2D eigenvalue weighted by Gasteiger charge is 2.12. The second-order valence-corrected chi connectivity index (χ2v) is 5.13. The smallest absolute Gasteiger partial charge is 0.266 e. The third-order valence-electron chi connectivity index (χ3n) is 1.85. The van der Waals surface area contributed by atoms with Crippen LogP contribution < -0.4 is 15.2 Å². The van der Waals surface area contributed by atoms with Crippen molar-refractivity contribution in [2.45, 2.75) is 13.2 Å². The number of nitrogens with two attached hydrogens (primary N) is 1. The minimum Gasteiger partial charge on any atom is -0.490 e. The van der Waals surface area contributed by atoms with Crippen LogP contribution in [0.2, 0.25) is 0 Å². The lowest BCUT2D eigenvalue weighted by Crippen LogP contribution is -2.33. The molecule has 1 unspecified atom stereocenters. The summed E-state index contributed by atoms with van der Waals surface area (Å²) in [5.74, 6) is 1.07. The van der Waals surface area contributed by atoms with Gasteiger partial charge in [0.1, 0.15) is 6.61 Å². The largest absolute Gasteiger partial charge is 0.490 e. The fraction of sp³-hybridized carbons (Fsp3) is 0.455. The van der Waals surface area contributed by atoms with E-state index in [-0.39, 0.29) is 6.61 Å². The van der Waals surface area contributed by atoms with Crippen LogP contribution in [0.15, 0.2) is 24.3 Å². The molecule has 102 valence electrons. The summed E-state index contributed by atoms with van der Waals surface area (Å²) in [6.07, 6.45) is -0.115. The molecule has 1 rings (SSSR count). The van der Waals surface area contributed by atoms with Crippen molar-refractivity contribution < 1.29 is 22.1 Å². The Labute approximate surface area is 107 Å². The van der Waals surface area contributed by atoms with Crippen LogP contribution in [0.4, 0.5) is 0 Å². The molecule has 1 aromatic carbocycles. The summed E-state index contributed by atoms with van der Waals surface area (Å²) < 4.78 is 36.9. The minimum absolute atomic E-state index is 0.0862. The van der Waals surface area contributed by atoms with Crippen molar-refractivity contribution in [3.05, 3.63) is 24.3 Å². The van der Waals surface area contributed by atoms with Gasteiger partial charge in [-0.2, -0.15) is 8.42 Å². The quantitative estimate of drug-likeness (QED) is 0.583. The Balaban J connectivity index is 2.58. The van der Waals surface area contributed by atoms with E-state index >= 15 is 0 Å². The summed E-state index contributed by atoms with van der Waals surface area (Å²) in [7, 11) is -3.58. The van der Waals surface area contributed by atoms with Gasteiger partial charge < -0.3 is 15.2 Å². The van der Waals surface area contributed by atoms with Gasteiger partial charge in [0.2, 0.25) is 0 Å². The van der Waals surface area contributed by atoms with Gasteiger partial charge in [-0.15, -0.1) is 0 Å². The van der Waals surface area contributed by atoms with Crippen LogP contribution in [-0.4, -0.2) is 34.1 Å². The van der Waals surface area contributed by atoms with Gasteiger partial charge in [-0.3, -0.25) is 0 Å². The number of hydrogen-bond donors (Lipinski definition) is 1. The van der Waals surface area contributed by atoms with Crippen molar-refractivity contribution in [2.75, 3.05) is 19.5 Å². The van der Waals surface area contributed by atoms with E-state index in [4.69, 9.17) is 15.2 Å². The zero-order chi connectivity index (χ0) is 13.6. The number of hydrogen-bond acceptors (Lipinski definition) is 6. The lowest BCUT2D eigenvalue weighted by atomic mass is 10.3. The van der Waals surface area contributed by atoms with Gasteiger partial charge in [0.05, 0.1) is 12.9 Å². The van der Waals surface area contributed by atoms with Crippen LogP contribution in [0.3, 0.4) is 0 Å². The van der Waals surface area contributed by atoms with Gasteiger partial charge in [-0.1, -0.05) is 12.1 Å². The first kappa shape index (κ1) is 14.7. The van der Waals surface area contributed by atoms with Crippen LogP contribution in [-0.2, 0) is 14.3 Å². The van der Waals surface area contributed by atoms with Gasteiger partial charge in [-0.25, -0.2) is 4.18 Å². The molecule has 18 heavy (non-hydrogen) atoms. The number of rotatable bonds is 7. The van der Waals surface area contributed by atoms with Crippen LogP contribution in [0, 0.1) is 0 Å². The highest BCUT2D eigenvalue weighted by Crippen LogP contribution is 2.26. The first-order chi connectivity index (χ1) is 8.42. The Bertz CT molecular complexity index is 474. The van der Waals surface area contributed by atoms with Crippen LogP contribution in [0.5, 0.6) is 11.5 Å². The van der Waals surface area contributed by atoms with E-state index in [9.17, 15) is 8.42 Å². The highest BCUT2D eigenvalue weighted by atomic mass is 32.2. The van der Waals surface area contributed by atoms with E-state index < -0.39 is 16.3 Å². The average molecular weight is 275 g/mol. The van der Waals surface area contributed by atoms with E-state index in [0.29, 0.717) is 18.1 Å². The number of benzene rings is 1. The predicted octanol–water partition coefficient (Wildman–Crippen LogP) is 0.725. The molecule has 0 aliphatic carbocycles. The van der Waals surface area contributed by atoms with Gasteiger partial charge >= 0.3 is 0 Å². The first-order valence-electron chi connectivity index (χ1n) is 5.41. The van der Waals surface area contributed by atoms with Crippen molar-refractivity contribution in [2.24, 2.45) is 5.73 Å². The third-order valence-corrected chi connectivity index (χ3v) is 2.45. The van der Waals surface area contributed by atoms with Gasteiger partial charge in [0.25, 0.3) is 10.1 Å². The first-order valence-corrected chi connectivity index (χ1v) is 7.22. The Hall–Kier alpha value is -1.31. The van der Waals surface area contributed by atoms with Crippen LogP contribution >= 0.6 is 0 Å². The Morgan fingerprint density at radius 3 is 2.28 bits per heavy atom. The molecule has 1 aromatic rings. The average Bonchev–Trinajstić information content (AvgIpc) is 2.26. The molecule has 0 aromatic heterocycles. The van der Waals surface area contributed by atoms with Gasteiger partial charge in [-0.05, 0) is 19.1 Å².